The lowest BCUT2D eigenvalue weighted by Gasteiger charge is -2.02. The zero-order valence-corrected chi connectivity index (χ0v) is 10.7. The molecule has 0 aliphatic carbocycles. The van der Waals surface area contributed by atoms with E-state index in [1.54, 1.807) is 12.2 Å². The number of carbonyl (C=O) groups excluding carboxylic acids is 1. The summed E-state index contributed by atoms with van der Waals surface area (Å²) in [4.78, 5) is 11.2. The largest absolute Gasteiger partial charge is 0.490 e. The van der Waals surface area contributed by atoms with Crippen molar-refractivity contribution < 1.29 is 14.3 Å². The number of rotatable bonds is 7. The van der Waals surface area contributed by atoms with E-state index in [2.05, 4.69) is 6.58 Å². The fourth-order valence-electron chi connectivity index (χ4n) is 1.18. The lowest BCUT2D eigenvalue weighted by molar-refractivity contribution is -0.137. The van der Waals surface area contributed by atoms with Crippen molar-refractivity contribution in [3.8, 4) is 5.75 Å². The van der Waals surface area contributed by atoms with Crippen LogP contribution in [0.15, 0.2) is 43.0 Å². The van der Waals surface area contributed by atoms with Crippen LogP contribution in [0.3, 0.4) is 0 Å². The van der Waals surface area contributed by atoms with Crippen molar-refractivity contribution in [2.45, 2.75) is 0 Å². The van der Waals surface area contributed by atoms with E-state index in [-0.39, 0.29) is 6.61 Å². The van der Waals surface area contributed by atoms with E-state index in [0.717, 1.165) is 11.3 Å². The molecule has 1 aromatic carbocycles. The number of alkyl halides is 1. The maximum atomic E-state index is 11.2. The van der Waals surface area contributed by atoms with Crippen molar-refractivity contribution >= 4 is 23.6 Å². The summed E-state index contributed by atoms with van der Waals surface area (Å²) < 4.78 is 10.1. The second-order valence-corrected chi connectivity index (χ2v) is 3.74. The molecule has 0 radical (unpaired) electrons. The van der Waals surface area contributed by atoms with Crippen molar-refractivity contribution in [1.82, 2.24) is 0 Å². The first-order chi connectivity index (χ1) is 8.76. The van der Waals surface area contributed by atoms with Crippen LogP contribution >= 0.6 is 11.6 Å². The van der Waals surface area contributed by atoms with Gasteiger partial charge in [0, 0.05) is 6.08 Å². The Morgan fingerprint density at radius 2 is 2.06 bits per heavy atom. The predicted molar refractivity (Wildman–Crippen MR) is 72.8 cm³/mol. The van der Waals surface area contributed by atoms with Crippen molar-refractivity contribution in [3.63, 3.8) is 0 Å². The Bertz CT molecular complexity index is 410. The van der Waals surface area contributed by atoms with Gasteiger partial charge in [-0.2, -0.15) is 0 Å². The second-order valence-electron chi connectivity index (χ2n) is 3.36. The quantitative estimate of drug-likeness (QED) is 0.329. The van der Waals surface area contributed by atoms with Crippen molar-refractivity contribution in [2.75, 3.05) is 19.1 Å². The van der Waals surface area contributed by atoms with E-state index < -0.39 is 5.97 Å². The van der Waals surface area contributed by atoms with Crippen LogP contribution < -0.4 is 4.74 Å². The molecule has 0 aliphatic rings. The van der Waals surface area contributed by atoms with Gasteiger partial charge in [-0.25, -0.2) is 4.79 Å². The molecule has 1 aromatic rings. The van der Waals surface area contributed by atoms with Crippen LogP contribution in [-0.4, -0.2) is 25.1 Å². The number of benzene rings is 1. The first-order valence-electron chi connectivity index (χ1n) is 5.51. The molecule has 0 fully saturated rings. The highest BCUT2D eigenvalue weighted by Crippen LogP contribution is 2.13. The topological polar surface area (TPSA) is 35.5 Å². The highest BCUT2D eigenvalue weighted by Gasteiger charge is 1.96. The van der Waals surface area contributed by atoms with Gasteiger partial charge < -0.3 is 9.47 Å². The van der Waals surface area contributed by atoms with Gasteiger partial charge in [-0.05, 0) is 23.8 Å². The molecule has 0 aliphatic heterocycles. The minimum absolute atomic E-state index is 0.221. The van der Waals surface area contributed by atoms with Crippen molar-refractivity contribution in [3.05, 3.63) is 48.6 Å². The average molecular weight is 267 g/mol. The second kappa shape index (κ2) is 8.37. The molecule has 0 bridgehead atoms. The Balaban J connectivity index is 2.49. The third kappa shape index (κ3) is 5.55. The summed E-state index contributed by atoms with van der Waals surface area (Å²) in [6.45, 7) is 4.26. The van der Waals surface area contributed by atoms with Gasteiger partial charge in [0.25, 0.3) is 0 Å². The van der Waals surface area contributed by atoms with Gasteiger partial charge in [0.05, 0.1) is 5.88 Å². The summed E-state index contributed by atoms with van der Waals surface area (Å²) in [7, 11) is 0. The van der Waals surface area contributed by atoms with E-state index in [1.165, 1.54) is 6.08 Å². The van der Waals surface area contributed by atoms with E-state index >= 15 is 0 Å². The number of hydrogen-bond donors (Lipinski definition) is 0. The third-order valence-corrected chi connectivity index (χ3v) is 2.14. The third-order valence-electron chi connectivity index (χ3n) is 1.98. The monoisotopic (exact) mass is 266 g/mol. The zero-order chi connectivity index (χ0) is 13.2. The lowest BCUT2D eigenvalue weighted by Crippen LogP contribution is -2.02. The summed E-state index contributed by atoms with van der Waals surface area (Å²) in [5.41, 5.74) is 0.892. The van der Waals surface area contributed by atoms with E-state index in [4.69, 9.17) is 21.1 Å². The highest BCUT2D eigenvalue weighted by molar-refractivity contribution is 6.18. The summed E-state index contributed by atoms with van der Waals surface area (Å²) in [5, 5.41) is 0. The number of ether oxygens (including phenoxy) is 2. The van der Waals surface area contributed by atoms with E-state index in [1.807, 2.05) is 24.3 Å². The molecule has 4 heteroatoms. The molecule has 0 spiro atoms. The van der Waals surface area contributed by atoms with Gasteiger partial charge in [0.2, 0.25) is 0 Å². The van der Waals surface area contributed by atoms with Gasteiger partial charge in [-0.3, -0.25) is 0 Å². The van der Waals surface area contributed by atoms with Gasteiger partial charge >= 0.3 is 5.97 Å². The maximum Gasteiger partial charge on any atom is 0.330 e. The van der Waals surface area contributed by atoms with Gasteiger partial charge in [-0.1, -0.05) is 24.8 Å². The van der Waals surface area contributed by atoms with Crippen LogP contribution in [0.25, 0.3) is 6.08 Å². The zero-order valence-electron chi connectivity index (χ0n) is 9.97. The summed E-state index contributed by atoms with van der Waals surface area (Å²) in [6.07, 6.45) is 4.72. The summed E-state index contributed by atoms with van der Waals surface area (Å²) in [6, 6.07) is 7.36. The molecule has 0 N–H and O–H groups in total. The van der Waals surface area contributed by atoms with Crippen molar-refractivity contribution in [2.24, 2.45) is 0 Å². The first-order valence-corrected chi connectivity index (χ1v) is 6.04. The molecule has 18 heavy (non-hydrogen) atoms. The smallest absolute Gasteiger partial charge is 0.330 e. The standard InChI is InChI=1S/C14H15ClO3/c1-2-10-17-13-6-3-12(4-7-13)5-8-14(16)18-11-9-15/h2-8H,1,9-11H2/b8-5+. The molecular weight excluding hydrogens is 252 g/mol. The van der Waals surface area contributed by atoms with Crippen LogP contribution in [0.2, 0.25) is 0 Å². The molecule has 0 amide bonds. The minimum atomic E-state index is -0.400. The fourth-order valence-corrected chi connectivity index (χ4v) is 1.26. The molecule has 0 saturated carbocycles. The fraction of sp³-hybridized carbons (Fsp3) is 0.214. The first kappa shape index (κ1) is 14.3. The molecule has 0 atom stereocenters. The Hall–Kier alpha value is -1.74. The number of esters is 1. The highest BCUT2D eigenvalue weighted by atomic mass is 35.5. The molecule has 0 heterocycles. The van der Waals surface area contributed by atoms with E-state index in [9.17, 15) is 4.79 Å². The Kier molecular flexibility index (Phi) is 6.66. The molecule has 3 nitrogen and oxygen atoms in total. The number of halogens is 1. The maximum absolute atomic E-state index is 11.2. The van der Waals surface area contributed by atoms with Crippen molar-refractivity contribution in [1.29, 1.82) is 0 Å². The number of hydrogen-bond acceptors (Lipinski definition) is 3. The minimum Gasteiger partial charge on any atom is -0.490 e. The molecule has 0 unspecified atom stereocenters. The van der Waals surface area contributed by atoms with Crippen LogP contribution in [-0.2, 0) is 9.53 Å². The Labute approximate surface area is 112 Å². The van der Waals surface area contributed by atoms with Crippen LogP contribution in [0.5, 0.6) is 5.75 Å². The summed E-state index contributed by atoms with van der Waals surface area (Å²) in [5.74, 6) is 0.661. The van der Waals surface area contributed by atoms with Crippen LogP contribution in [0.1, 0.15) is 5.56 Å². The molecule has 0 saturated heterocycles. The predicted octanol–water partition coefficient (Wildman–Crippen LogP) is 3.05. The van der Waals surface area contributed by atoms with Crippen LogP contribution in [0.4, 0.5) is 0 Å². The number of carbonyl (C=O) groups is 1. The molecule has 1 rings (SSSR count). The molecule has 0 aromatic heterocycles. The average Bonchev–Trinajstić information content (AvgIpc) is 2.41. The summed E-state index contributed by atoms with van der Waals surface area (Å²) >= 11 is 5.40. The molecule has 96 valence electrons. The normalized spacial score (nSPS) is 10.3. The lowest BCUT2D eigenvalue weighted by atomic mass is 10.2. The Morgan fingerprint density at radius 3 is 2.67 bits per heavy atom. The van der Waals surface area contributed by atoms with Gasteiger partial charge in [0.1, 0.15) is 19.0 Å². The SMILES string of the molecule is C=CCOc1ccc(/C=C/C(=O)OCCCl)cc1. The van der Waals surface area contributed by atoms with Gasteiger partial charge in [0.15, 0.2) is 0 Å². The molecular formula is C14H15ClO3. The Morgan fingerprint density at radius 1 is 1.33 bits per heavy atom. The van der Waals surface area contributed by atoms with E-state index in [0.29, 0.717) is 12.5 Å². The van der Waals surface area contributed by atoms with Crippen LogP contribution in [0, 0.1) is 0 Å². The van der Waals surface area contributed by atoms with Gasteiger partial charge in [-0.15, -0.1) is 11.6 Å².